The van der Waals surface area contributed by atoms with Crippen LogP contribution in [-0.2, 0) is 22.7 Å². The monoisotopic (exact) mass is 340 g/mol. The lowest BCUT2D eigenvalue weighted by Crippen LogP contribution is -2.58. The van der Waals surface area contributed by atoms with Crippen LogP contribution in [0.3, 0.4) is 0 Å². The lowest BCUT2D eigenvalue weighted by Gasteiger charge is -2.39. The Hall–Kier alpha value is 0.0600. The van der Waals surface area contributed by atoms with Gasteiger partial charge in [0, 0.05) is 0 Å². The van der Waals surface area contributed by atoms with Gasteiger partial charge in [-0.1, -0.05) is 0 Å². The van der Waals surface area contributed by atoms with Crippen molar-refractivity contribution in [3.05, 3.63) is 0 Å². The molecule has 1 aliphatic rings. The Labute approximate surface area is 112 Å². The number of aliphatic hydroxyl groups excluding tert-OH is 4. The Morgan fingerprint density at radius 1 is 1.00 bits per heavy atom. The molecule has 0 radical (unpaired) electrons. The molecular formula is C6H14O12P2. The summed E-state index contributed by atoms with van der Waals surface area (Å²) in [5, 5.41) is 37.1. The molecule has 1 fully saturated rings. The molecule has 120 valence electrons. The fraction of sp³-hybridized carbons (Fsp3) is 1.00. The Balaban J connectivity index is 2.80. The van der Waals surface area contributed by atoms with Crippen molar-refractivity contribution < 1.29 is 57.8 Å². The van der Waals surface area contributed by atoms with Crippen molar-refractivity contribution in [3.8, 4) is 0 Å². The van der Waals surface area contributed by atoms with Crippen LogP contribution in [0.5, 0.6) is 0 Å². The molecular weight excluding hydrogens is 326 g/mol. The van der Waals surface area contributed by atoms with Gasteiger partial charge in [0.1, 0.15) is 24.4 Å². The Bertz CT molecular complexity index is 418. The van der Waals surface area contributed by atoms with Crippen molar-refractivity contribution >= 4 is 15.6 Å². The Morgan fingerprint density at radius 2 is 1.55 bits per heavy atom. The maximum Gasteiger partial charge on any atom is 0.483 e. The van der Waals surface area contributed by atoms with Crippen LogP contribution in [-0.4, -0.2) is 72.4 Å². The summed E-state index contributed by atoms with van der Waals surface area (Å²) in [6.45, 7) is -0.820. The minimum absolute atomic E-state index is 0.820. The van der Waals surface area contributed by atoms with E-state index >= 15 is 0 Å². The third-order valence-corrected chi connectivity index (χ3v) is 4.45. The number of ether oxygens (including phenoxy) is 1. The first-order valence-corrected chi connectivity index (χ1v) is 8.08. The second-order valence-electron chi connectivity index (χ2n) is 3.84. The van der Waals surface area contributed by atoms with Crippen LogP contribution in [0.4, 0.5) is 0 Å². The van der Waals surface area contributed by atoms with E-state index in [1.165, 1.54) is 0 Å². The van der Waals surface area contributed by atoms with Crippen molar-refractivity contribution in [1.29, 1.82) is 0 Å². The number of aliphatic hydroxyl groups is 4. The maximum absolute atomic E-state index is 11.2. The molecule has 1 aliphatic heterocycles. The van der Waals surface area contributed by atoms with E-state index in [1.807, 2.05) is 0 Å². The topological polar surface area (TPSA) is 203 Å². The second-order valence-corrected chi connectivity index (χ2v) is 6.63. The van der Waals surface area contributed by atoms with Crippen molar-refractivity contribution in [2.75, 3.05) is 6.61 Å². The smallest absolute Gasteiger partial charge is 0.394 e. The van der Waals surface area contributed by atoms with Gasteiger partial charge in [-0.3, -0.25) is 4.52 Å². The fourth-order valence-corrected chi connectivity index (χ4v) is 3.11. The predicted octanol–water partition coefficient (Wildman–Crippen LogP) is -2.99. The van der Waals surface area contributed by atoms with Crippen molar-refractivity contribution in [1.82, 2.24) is 0 Å². The van der Waals surface area contributed by atoms with Crippen LogP contribution in [0.1, 0.15) is 0 Å². The third kappa shape index (κ3) is 4.81. The highest BCUT2D eigenvalue weighted by molar-refractivity contribution is 7.60. The maximum atomic E-state index is 11.2. The molecule has 6 atom stereocenters. The van der Waals surface area contributed by atoms with Gasteiger partial charge in [0.25, 0.3) is 0 Å². The quantitative estimate of drug-likeness (QED) is 0.250. The van der Waals surface area contributed by atoms with Crippen LogP contribution in [0.25, 0.3) is 0 Å². The molecule has 0 aromatic carbocycles. The van der Waals surface area contributed by atoms with Crippen LogP contribution >= 0.6 is 15.6 Å². The van der Waals surface area contributed by atoms with Crippen LogP contribution < -0.4 is 0 Å². The molecule has 7 N–H and O–H groups in total. The van der Waals surface area contributed by atoms with E-state index in [4.69, 9.17) is 19.8 Å². The van der Waals surface area contributed by atoms with Crippen LogP contribution in [0, 0.1) is 0 Å². The summed E-state index contributed by atoms with van der Waals surface area (Å²) in [4.78, 5) is 25.8. The van der Waals surface area contributed by atoms with Gasteiger partial charge >= 0.3 is 15.6 Å². The average Bonchev–Trinajstić information content (AvgIpc) is 2.26. The fourth-order valence-electron chi connectivity index (χ4n) is 1.44. The Kier molecular flexibility index (Phi) is 5.83. The summed E-state index contributed by atoms with van der Waals surface area (Å²) in [5.74, 6) is 0. The highest BCUT2D eigenvalue weighted by Crippen LogP contribution is 2.58. The Morgan fingerprint density at radius 3 is 2.00 bits per heavy atom. The average molecular weight is 340 g/mol. The molecule has 1 rings (SSSR count). The molecule has 1 unspecified atom stereocenters. The number of hydrogen-bond acceptors (Lipinski definition) is 9. The minimum Gasteiger partial charge on any atom is -0.394 e. The summed E-state index contributed by atoms with van der Waals surface area (Å²) in [7, 11) is -10.7. The van der Waals surface area contributed by atoms with Gasteiger partial charge in [-0.05, 0) is 0 Å². The standard InChI is InChI=1S/C6H14O12P2/c7-1-2-3(8)4(9)5(10)6(16-2)17-20(14,15)18-19(11,12)13/h2-10H,1H2,(H,14,15)(H2,11,12,13)/t2-,3+,4+,5-,6-/m1/s1. The zero-order valence-electron chi connectivity index (χ0n) is 9.66. The third-order valence-electron chi connectivity index (χ3n) is 2.30. The number of phosphoric acid groups is 2. The highest BCUT2D eigenvalue weighted by Gasteiger charge is 2.47. The molecule has 0 aliphatic carbocycles. The van der Waals surface area contributed by atoms with Gasteiger partial charge in [-0.25, -0.2) is 9.13 Å². The van der Waals surface area contributed by atoms with Crippen molar-refractivity contribution in [2.24, 2.45) is 0 Å². The lowest BCUT2D eigenvalue weighted by molar-refractivity contribution is -0.280. The molecule has 0 aromatic heterocycles. The molecule has 12 nitrogen and oxygen atoms in total. The van der Waals surface area contributed by atoms with Gasteiger partial charge in [-0.2, -0.15) is 4.31 Å². The summed E-state index contributed by atoms with van der Waals surface area (Å²) >= 11 is 0. The van der Waals surface area contributed by atoms with Gasteiger partial charge in [-0.15, -0.1) is 0 Å². The molecule has 0 amide bonds. The molecule has 1 saturated heterocycles. The summed E-state index contributed by atoms with van der Waals surface area (Å²) in [6, 6.07) is 0. The second kappa shape index (κ2) is 6.44. The zero-order chi connectivity index (χ0) is 15.7. The highest BCUT2D eigenvalue weighted by atomic mass is 31.3. The van der Waals surface area contributed by atoms with Gasteiger partial charge in [0.2, 0.25) is 0 Å². The van der Waals surface area contributed by atoms with E-state index in [0.29, 0.717) is 0 Å². The van der Waals surface area contributed by atoms with Crippen LogP contribution in [0.2, 0.25) is 0 Å². The predicted molar refractivity (Wildman–Crippen MR) is 57.8 cm³/mol. The molecule has 14 heteroatoms. The summed E-state index contributed by atoms with van der Waals surface area (Å²) < 4.78 is 34.0. The van der Waals surface area contributed by atoms with Gasteiger partial charge in [0.05, 0.1) is 6.61 Å². The van der Waals surface area contributed by atoms with Crippen molar-refractivity contribution in [3.63, 3.8) is 0 Å². The van der Waals surface area contributed by atoms with E-state index in [-0.39, 0.29) is 0 Å². The van der Waals surface area contributed by atoms with E-state index in [1.54, 1.807) is 0 Å². The lowest BCUT2D eigenvalue weighted by atomic mass is 10.00. The van der Waals surface area contributed by atoms with Gasteiger partial charge in [0.15, 0.2) is 6.29 Å². The summed E-state index contributed by atoms with van der Waals surface area (Å²) in [5.41, 5.74) is 0. The summed E-state index contributed by atoms with van der Waals surface area (Å²) in [6.07, 6.45) is -9.12. The van der Waals surface area contributed by atoms with E-state index in [0.717, 1.165) is 0 Å². The minimum atomic E-state index is -5.36. The number of rotatable bonds is 5. The van der Waals surface area contributed by atoms with Crippen molar-refractivity contribution in [2.45, 2.75) is 30.7 Å². The number of hydrogen-bond donors (Lipinski definition) is 7. The molecule has 1 heterocycles. The molecule has 0 saturated carbocycles. The molecule has 0 aromatic rings. The SMILES string of the molecule is O=P(O)(O)OP(=O)(O)O[C@H]1O[C@H](CO)[C@H](O)[C@H](O)[C@H]1O. The normalized spacial score (nSPS) is 38.5. The molecule has 20 heavy (non-hydrogen) atoms. The van der Waals surface area contributed by atoms with Crippen LogP contribution in [0.15, 0.2) is 0 Å². The number of phosphoric ester groups is 1. The first-order valence-electron chi connectivity index (χ1n) is 5.05. The van der Waals surface area contributed by atoms with E-state index < -0.39 is 53.0 Å². The zero-order valence-corrected chi connectivity index (χ0v) is 11.4. The molecule has 0 spiro atoms. The van der Waals surface area contributed by atoms with Gasteiger partial charge < -0.3 is 39.8 Å². The first kappa shape index (κ1) is 18.1. The molecule has 0 bridgehead atoms. The van der Waals surface area contributed by atoms with E-state index in [2.05, 4.69) is 13.6 Å². The largest absolute Gasteiger partial charge is 0.483 e. The first-order chi connectivity index (χ1) is 8.97. The van der Waals surface area contributed by atoms with E-state index in [9.17, 15) is 24.4 Å².